The van der Waals surface area contributed by atoms with Crippen LogP contribution in [0.2, 0.25) is 18.1 Å². The summed E-state index contributed by atoms with van der Waals surface area (Å²) < 4.78 is 6.94. The van der Waals surface area contributed by atoms with Gasteiger partial charge in [0.2, 0.25) is 0 Å². The van der Waals surface area contributed by atoms with Gasteiger partial charge in [0.25, 0.3) is 0 Å². The predicted molar refractivity (Wildman–Crippen MR) is 121 cm³/mol. The van der Waals surface area contributed by atoms with Crippen LogP contribution in [0, 0.1) is 11.3 Å². The summed E-state index contributed by atoms with van der Waals surface area (Å²) in [5.41, 5.74) is 3.84. The smallest absolute Gasteiger partial charge is 0.192 e. The van der Waals surface area contributed by atoms with Gasteiger partial charge in [-0.15, -0.1) is 0 Å². The maximum Gasteiger partial charge on any atom is 0.192 e. The minimum atomic E-state index is -1.75. The first-order chi connectivity index (χ1) is 12.9. The zero-order valence-electron chi connectivity index (χ0n) is 18.9. The third-order valence-corrected chi connectivity index (χ3v) is 12.3. The van der Waals surface area contributed by atoms with Gasteiger partial charge in [-0.25, -0.2) is 0 Å². The van der Waals surface area contributed by atoms with Gasteiger partial charge in [0.05, 0.1) is 0 Å². The number of ketones is 1. The second-order valence-corrected chi connectivity index (χ2v) is 15.5. The molecule has 0 heterocycles. The molecule has 0 amide bonds. The molecule has 2 saturated carbocycles. The van der Waals surface area contributed by atoms with Crippen LogP contribution in [-0.4, -0.2) is 20.2 Å². The van der Waals surface area contributed by atoms with Gasteiger partial charge < -0.3 is 4.43 Å². The molecule has 2 aliphatic rings. The molecule has 1 aromatic rings. The Bertz CT molecular complexity index is 754. The Morgan fingerprint density at radius 3 is 2.39 bits per heavy atom. The molecular weight excluding hydrogens is 360 g/mol. The van der Waals surface area contributed by atoms with E-state index in [-0.39, 0.29) is 16.2 Å². The maximum atomic E-state index is 11.5. The van der Waals surface area contributed by atoms with Crippen LogP contribution in [0.4, 0.5) is 0 Å². The Kier molecular flexibility index (Phi) is 5.82. The van der Waals surface area contributed by atoms with Gasteiger partial charge in [-0.3, -0.25) is 4.79 Å². The van der Waals surface area contributed by atoms with Crippen molar-refractivity contribution in [3.8, 4) is 0 Å². The van der Waals surface area contributed by atoms with Crippen LogP contribution in [0.25, 0.3) is 6.08 Å². The Labute approximate surface area is 172 Å². The Balaban J connectivity index is 1.82. The first-order valence-electron chi connectivity index (χ1n) is 10.9. The summed E-state index contributed by atoms with van der Waals surface area (Å²) in [6, 6.07) is 8.08. The highest BCUT2D eigenvalue weighted by Gasteiger charge is 2.51. The van der Waals surface area contributed by atoms with Gasteiger partial charge in [0.1, 0.15) is 0 Å². The number of Topliss-reactive ketones (excluding diaryl/α,β-unsaturated/α-hetero) is 1. The molecule has 0 saturated heterocycles. The van der Waals surface area contributed by atoms with E-state index in [9.17, 15) is 4.79 Å². The van der Waals surface area contributed by atoms with Crippen molar-refractivity contribution in [1.82, 2.24) is 0 Å². The molecule has 0 spiro atoms. The summed E-state index contributed by atoms with van der Waals surface area (Å²) in [6.45, 7) is 15.9. The summed E-state index contributed by atoms with van der Waals surface area (Å²) in [6.07, 6.45) is 8.96. The number of rotatable bonds is 4. The van der Waals surface area contributed by atoms with E-state index in [1.807, 2.05) is 12.1 Å². The number of carbonyl (C=O) groups is 1. The zero-order valence-corrected chi connectivity index (χ0v) is 19.9. The first-order valence-corrected chi connectivity index (χ1v) is 13.8. The third-order valence-electron chi connectivity index (χ3n) is 7.82. The molecule has 2 nitrogen and oxygen atoms in total. The summed E-state index contributed by atoms with van der Waals surface area (Å²) in [7, 11) is -1.75. The molecule has 2 fully saturated rings. The molecule has 3 rings (SSSR count). The quantitative estimate of drug-likeness (QED) is 0.394. The van der Waals surface area contributed by atoms with Crippen LogP contribution in [0.1, 0.15) is 82.6 Å². The van der Waals surface area contributed by atoms with Crippen LogP contribution in [0.5, 0.6) is 0 Å². The van der Waals surface area contributed by atoms with Gasteiger partial charge in [0, 0.05) is 11.7 Å². The highest BCUT2D eigenvalue weighted by atomic mass is 28.4. The molecular formula is C25H38O2Si. The topological polar surface area (TPSA) is 26.3 Å². The van der Waals surface area contributed by atoms with E-state index < -0.39 is 8.32 Å². The second kappa shape index (κ2) is 7.57. The van der Waals surface area contributed by atoms with Crippen molar-refractivity contribution in [2.24, 2.45) is 11.3 Å². The van der Waals surface area contributed by atoms with Crippen LogP contribution >= 0.6 is 0 Å². The normalized spacial score (nSPS) is 29.8. The van der Waals surface area contributed by atoms with Crippen molar-refractivity contribution >= 4 is 20.2 Å². The molecule has 1 aromatic carbocycles. The predicted octanol–water partition coefficient (Wildman–Crippen LogP) is 7.26. The molecule has 3 atom stereocenters. The van der Waals surface area contributed by atoms with Crippen molar-refractivity contribution in [3.63, 3.8) is 0 Å². The van der Waals surface area contributed by atoms with Gasteiger partial charge in [0.15, 0.2) is 14.1 Å². The van der Waals surface area contributed by atoms with Crippen molar-refractivity contribution in [1.29, 1.82) is 0 Å². The van der Waals surface area contributed by atoms with Crippen LogP contribution < -0.4 is 0 Å². The summed E-state index contributed by atoms with van der Waals surface area (Å²) >= 11 is 0. The maximum absolute atomic E-state index is 11.5. The highest BCUT2D eigenvalue weighted by molar-refractivity contribution is 6.74. The van der Waals surface area contributed by atoms with Crippen LogP contribution in [0.3, 0.4) is 0 Å². The Morgan fingerprint density at radius 1 is 1.18 bits per heavy atom. The van der Waals surface area contributed by atoms with E-state index in [2.05, 4.69) is 59.0 Å². The van der Waals surface area contributed by atoms with E-state index in [1.54, 1.807) is 12.5 Å². The van der Waals surface area contributed by atoms with E-state index in [0.29, 0.717) is 12.0 Å². The highest BCUT2D eigenvalue weighted by Crippen LogP contribution is 2.57. The molecule has 0 aliphatic heterocycles. The number of allylic oxidation sites excluding steroid dienone is 1. The van der Waals surface area contributed by atoms with E-state index in [1.165, 1.54) is 37.7 Å². The fourth-order valence-corrected chi connectivity index (χ4v) is 6.31. The molecule has 3 heteroatoms. The van der Waals surface area contributed by atoms with Crippen LogP contribution in [-0.2, 0) is 4.43 Å². The number of hydrogen-bond donors (Lipinski definition) is 0. The van der Waals surface area contributed by atoms with Crippen molar-refractivity contribution < 1.29 is 9.22 Å². The summed E-state index contributed by atoms with van der Waals surface area (Å²) in [4.78, 5) is 11.5. The fourth-order valence-electron chi connectivity index (χ4n) is 4.92. The largest absolute Gasteiger partial charge is 0.414 e. The first kappa shape index (κ1) is 21.5. The number of benzene rings is 1. The summed E-state index contributed by atoms with van der Waals surface area (Å²) in [5, 5.41) is 0.260. The monoisotopic (exact) mass is 398 g/mol. The lowest BCUT2D eigenvalue weighted by Gasteiger charge is -2.47. The zero-order chi connectivity index (χ0) is 20.7. The summed E-state index contributed by atoms with van der Waals surface area (Å²) in [5.74, 6) is 0.767. The third kappa shape index (κ3) is 4.07. The number of carbonyl (C=O) groups excluding carboxylic acids is 1. The van der Waals surface area contributed by atoms with Gasteiger partial charge in [-0.05, 0) is 67.6 Å². The molecule has 0 bridgehead atoms. The molecule has 0 radical (unpaired) electrons. The van der Waals surface area contributed by atoms with E-state index in [4.69, 9.17) is 4.43 Å². The second-order valence-electron chi connectivity index (χ2n) is 10.7. The standard InChI is InChI=1S/C25H38O2Si/c1-18(26)20-12-10-19(11-13-20)17-21-14-15-22-23(9-8-16-25(21,22)5)27-28(6,7)24(2,3)4/h10-13,17,22-23H,8-9,14-16H2,1-7H3/b21-17+/t22-,23-,25+/m0/s1. The minimum Gasteiger partial charge on any atom is -0.414 e. The van der Waals surface area contributed by atoms with E-state index >= 15 is 0 Å². The average molecular weight is 399 g/mol. The van der Waals surface area contributed by atoms with Gasteiger partial charge in [-0.1, -0.05) is 70.0 Å². The van der Waals surface area contributed by atoms with Crippen molar-refractivity contribution in [2.45, 2.75) is 91.0 Å². The fraction of sp³-hybridized carbons (Fsp3) is 0.640. The van der Waals surface area contributed by atoms with Gasteiger partial charge >= 0.3 is 0 Å². The van der Waals surface area contributed by atoms with Crippen LogP contribution in [0.15, 0.2) is 29.8 Å². The Morgan fingerprint density at radius 2 is 1.82 bits per heavy atom. The number of hydrogen-bond acceptors (Lipinski definition) is 2. The lowest BCUT2D eigenvalue weighted by Crippen LogP contribution is -2.49. The molecule has 2 aliphatic carbocycles. The van der Waals surface area contributed by atoms with Gasteiger partial charge in [-0.2, -0.15) is 0 Å². The Hall–Kier alpha value is -1.19. The lowest BCUT2D eigenvalue weighted by atomic mass is 9.66. The average Bonchev–Trinajstić information content (AvgIpc) is 2.91. The molecule has 0 unspecified atom stereocenters. The SMILES string of the molecule is CC(=O)c1ccc(/C=C2\CC[C@H]3[C@@H](O[Si](C)(C)C(C)(C)C)CCC[C@]23C)cc1. The van der Waals surface area contributed by atoms with Crippen molar-refractivity contribution in [2.75, 3.05) is 0 Å². The molecule has 28 heavy (non-hydrogen) atoms. The molecule has 0 N–H and O–H groups in total. The lowest BCUT2D eigenvalue weighted by molar-refractivity contribution is 0.0236. The van der Waals surface area contributed by atoms with E-state index in [0.717, 1.165) is 5.56 Å². The number of fused-ring (bicyclic) bond motifs is 1. The van der Waals surface area contributed by atoms with Crippen molar-refractivity contribution in [3.05, 3.63) is 41.0 Å². The minimum absolute atomic E-state index is 0.130. The molecule has 154 valence electrons. The molecule has 0 aromatic heterocycles.